The van der Waals surface area contributed by atoms with Gasteiger partial charge >= 0.3 is 0 Å². The maximum atomic E-state index is 12.4. The third-order valence-corrected chi connectivity index (χ3v) is 3.92. The molecule has 0 aromatic heterocycles. The van der Waals surface area contributed by atoms with E-state index in [1.165, 1.54) is 0 Å². The van der Waals surface area contributed by atoms with Crippen molar-refractivity contribution in [3.8, 4) is 11.5 Å². The van der Waals surface area contributed by atoms with E-state index in [0.717, 1.165) is 16.6 Å². The molecule has 0 spiro atoms. The van der Waals surface area contributed by atoms with Crippen LogP contribution in [-0.4, -0.2) is 32.8 Å². The van der Waals surface area contributed by atoms with E-state index in [4.69, 9.17) is 14.2 Å². The highest BCUT2D eigenvalue weighted by Gasteiger charge is 2.10. The van der Waals surface area contributed by atoms with Crippen LogP contribution in [0.1, 0.15) is 23.7 Å². The average molecular weight is 408 g/mol. The highest BCUT2D eigenvalue weighted by atomic mass is 79.9. The van der Waals surface area contributed by atoms with Crippen LogP contribution in [0.5, 0.6) is 11.5 Å². The van der Waals surface area contributed by atoms with Gasteiger partial charge in [-0.3, -0.25) is 4.79 Å². The van der Waals surface area contributed by atoms with E-state index in [2.05, 4.69) is 21.2 Å². The second-order valence-corrected chi connectivity index (χ2v) is 6.17. The molecule has 1 N–H and O–H groups in total. The van der Waals surface area contributed by atoms with Crippen LogP contribution in [0.2, 0.25) is 0 Å². The SMILES string of the molecule is CCCOc1ccc(C(=O)Nc2cccc(OCCOC)c2)cc1Br. The van der Waals surface area contributed by atoms with Gasteiger partial charge < -0.3 is 19.5 Å². The molecule has 0 bridgehead atoms. The van der Waals surface area contributed by atoms with E-state index in [1.54, 1.807) is 31.4 Å². The van der Waals surface area contributed by atoms with Crippen molar-refractivity contribution in [1.29, 1.82) is 0 Å². The van der Waals surface area contributed by atoms with Crippen molar-refractivity contribution in [3.63, 3.8) is 0 Å². The minimum atomic E-state index is -0.197. The third kappa shape index (κ3) is 6.07. The smallest absolute Gasteiger partial charge is 0.255 e. The van der Waals surface area contributed by atoms with Gasteiger partial charge in [0.2, 0.25) is 0 Å². The zero-order valence-electron chi connectivity index (χ0n) is 14.4. The lowest BCUT2D eigenvalue weighted by Crippen LogP contribution is -2.12. The van der Waals surface area contributed by atoms with Crippen LogP contribution in [0.25, 0.3) is 0 Å². The van der Waals surface area contributed by atoms with Gasteiger partial charge in [0.05, 0.1) is 17.7 Å². The fourth-order valence-electron chi connectivity index (χ4n) is 2.08. The fourth-order valence-corrected chi connectivity index (χ4v) is 2.57. The van der Waals surface area contributed by atoms with Gasteiger partial charge in [0.15, 0.2) is 0 Å². The first-order valence-corrected chi connectivity index (χ1v) is 8.89. The molecule has 0 aliphatic heterocycles. The number of carbonyl (C=O) groups is 1. The molecule has 0 aliphatic rings. The number of hydrogen-bond donors (Lipinski definition) is 1. The minimum Gasteiger partial charge on any atom is -0.492 e. The molecule has 0 unspecified atom stereocenters. The van der Waals surface area contributed by atoms with Gasteiger partial charge in [-0.1, -0.05) is 13.0 Å². The minimum absolute atomic E-state index is 0.197. The van der Waals surface area contributed by atoms with Crippen LogP contribution in [0.3, 0.4) is 0 Å². The molecule has 2 aromatic rings. The first-order chi connectivity index (χ1) is 12.1. The summed E-state index contributed by atoms with van der Waals surface area (Å²) in [6.45, 7) is 3.65. The van der Waals surface area contributed by atoms with Gasteiger partial charge in [0.1, 0.15) is 18.1 Å². The van der Waals surface area contributed by atoms with E-state index in [-0.39, 0.29) is 5.91 Å². The second kappa shape index (κ2) is 10.1. The monoisotopic (exact) mass is 407 g/mol. The lowest BCUT2D eigenvalue weighted by Gasteiger charge is -2.11. The molecule has 0 aliphatic carbocycles. The highest BCUT2D eigenvalue weighted by molar-refractivity contribution is 9.10. The Labute approximate surface area is 156 Å². The van der Waals surface area contributed by atoms with Gasteiger partial charge in [0, 0.05) is 24.4 Å². The number of anilines is 1. The maximum Gasteiger partial charge on any atom is 0.255 e. The lowest BCUT2D eigenvalue weighted by atomic mass is 10.2. The third-order valence-electron chi connectivity index (χ3n) is 3.30. The van der Waals surface area contributed by atoms with Crippen molar-refractivity contribution in [2.45, 2.75) is 13.3 Å². The van der Waals surface area contributed by atoms with Crippen LogP contribution in [0.15, 0.2) is 46.9 Å². The summed E-state index contributed by atoms with van der Waals surface area (Å²) in [4.78, 5) is 12.4. The Morgan fingerprint density at radius 1 is 1.08 bits per heavy atom. The van der Waals surface area contributed by atoms with Gasteiger partial charge in [-0.2, -0.15) is 0 Å². The normalized spacial score (nSPS) is 10.4. The van der Waals surface area contributed by atoms with E-state index in [9.17, 15) is 4.79 Å². The zero-order chi connectivity index (χ0) is 18.1. The predicted octanol–water partition coefficient (Wildman–Crippen LogP) is 4.52. The first-order valence-electron chi connectivity index (χ1n) is 8.09. The molecule has 0 saturated heterocycles. The van der Waals surface area contributed by atoms with Crippen molar-refractivity contribution < 1.29 is 19.0 Å². The first kappa shape index (κ1) is 19.3. The Kier molecular flexibility index (Phi) is 7.76. The Morgan fingerprint density at radius 2 is 1.92 bits per heavy atom. The van der Waals surface area contributed by atoms with Crippen LogP contribution in [0.4, 0.5) is 5.69 Å². The summed E-state index contributed by atoms with van der Waals surface area (Å²) in [6.07, 6.45) is 0.928. The molecule has 25 heavy (non-hydrogen) atoms. The molecule has 2 aromatic carbocycles. The summed E-state index contributed by atoms with van der Waals surface area (Å²) >= 11 is 3.44. The number of methoxy groups -OCH3 is 1. The quantitative estimate of drug-likeness (QED) is 0.620. The molecule has 134 valence electrons. The molecule has 1 amide bonds. The van der Waals surface area contributed by atoms with Crippen molar-refractivity contribution in [2.24, 2.45) is 0 Å². The molecule has 6 heteroatoms. The summed E-state index contributed by atoms with van der Waals surface area (Å²) in [5, 5.41) is 2.87. The number of nitrogens with one attached hydrogen (secondary N) is 1. The number of hydrogen-bond acceptors (Lipinski definition) is 4. The number of ether oxygens (including phenoxy) is 3. The van der Waals surface area contributed by atoms with E-state index >= 15 is 0 Å². The Hall–Kier alpha value is -2.05. The lowest BCUT2D eigenvalue weighted by molar-refractivity contribution is 0.102. The van der Waals surface area contributed by atoms with Gasteiger partial charge in [0.25, 0.3) is 5.91 Å². The standard InChI is InChI=1S/C19H22BrNO4/c1-3-9-25-18-8-7-14(12-17(18)20)19(22)21-15-5-4-6-16(13-15)24-11-10-23-2/h4-8,12-13H,3,9-11H2,1-2H3,(H,21,22). The maximum absolute atomic E-state index is 12.4. The number of benzene rings is 2. The molecule has 0 saturated carbocycles. The summed E-state index contributed by atoms with van der Waals surface area (Å²) in [5.41, 5.74) is 1.21. The van der Waals surface area contributed by atoms with Gasteiger partial charge in [-0.15, -0.1) is 0 Å². The summed E-state index contributed by atoms with van der Waals surface area (Å²) in [6, 6.07) is 12.5. The van der Waals surface area contributed by atoms with E-state index < -0.39 is 0 Å². The molecule has 0 fully saturated rings. The predicted molar refractivity (Wildman–Crippen MR) is 102 cm³/mol. The summed E-state index contributed by atoms with van der Waals surface area (Å²) in [7, 11) is 1.62. The van der Waals surface area contributed by atoms with Crippen LogP contribution < -0.4 is 14.8 Å². The van der Waals surface area contributed by atoms with E-state index in [1.807, 2.05) is 25.1 Å². The van der Waals surface area contributed by atoms with Crippen molar-refractivity contribution in [2.75, 3.05) is 32.2 Å². The Morgan fingerprint density at radius 3 is 2.64 bits per heavy atom. The van der Waals surface area contributed by atoms with Gasteiger partial charge in [-0.05, 0) is 52.7 Å². The highest BCUT2D eigenvalue weighted by Crippen LogP contribution is 2.27. The van der Waals surface area contributed by atoms with Crippen molar-refractivity contribution in [1.82, 2.24) is 0 Å². The molecular weight excluding hydrogens is 386 g/mol. The largest absolute Gasteiger partial charge is 0.492 e. The number of rotatable bonds is 9. The van der Waals surface area contributed by atoms with Crippen LogP contribution >= 0.6 is 15.9 Å². The number of carbonyl (C=O) groups excluding carboxylic acids is 1. The van der Waals surface area contributed by atoms with E-state index in [0.29, 0.717) is 36.8 Å². The zero-order valence-corrected chi connectivity index (χ0v) is 16.0. The Balaban J connectivity index is 2.01. The van der Waals surface area contributed by atoms with Crippen LogP contribution in [0, 0.1) is 0 Å². The molecule has 0 heterocycles. The second-order valence-electron chi connectivity index (χ2n) is 5.32. The molecule has 5 nitrogen and oxygen atoms in total. The topological polar surface area (TPSA) is 56.8 Å². The van der Waals surface area contributed by atoms with Crippen molar-refractivity contribution in [3.05, 3.63) is 52.5 Å². The number of amides is 1. The van der Waals surface area contributed by atoms with Crippen LogP contribution in [-0.2, 0) is 4.74 Å². The molecular formula is C19H22BrNO4. The fraction of sp³-hybridized carbons (Fsp3) is 0.316. The van der Waals surface area contributed by atoms with Crippen molar-refractivity contribution >= 4 is 27.5 Å². The summed E-state index contributed by atoms with van der Waals surface area (Å²) < 4.78 is 16.8. The average Bonchev–Trinajstić information content (AvgIpc) is 2.61. The number of halogens is 1. The molecule has 0 atom stereocenters. The van der Waals surface area contributed by atoms with Gasteiger partial charge in [-0.25, -0.2) is 0 Å². The Bertz CT molecular complexity index is 706. The molecule has 2 rings (SSSR count). The molecule has 0 radical (unpaired) electrons. The summed E-state index contributed by atoms with van der Waals surface area (Å²) in [5.74, 6) is 1.21.